The Kier molecular flexibility index (Phi) is 4.33. The Morgan fingerprint density at radius 2 is 0.943 bits per heavy atom. The summed E-state index contributed by atoms with van der Waals surface area (Å²) in [5.74, 6) is 0. The fourth-order valence-electron chi connectivity index (χ4n) is 6.07. The largest absolute Gasteiger partial charge is 0.218 e. The molecule has 1 heterocycles. The lowest BCUT2D eigenvalue weighted by atomic mass is 9.63. The topological polar surface area (TPSA) is 34.1 Å². The molecule has 0 radical (unpaired) electrons. The van der Waals surface area contributed by atoms with E-state index in [1.807, 2.05) is 36.4 Å². The van der Waals surface area contributed by atoms with Crippen LogP contribution in [0.4, 0.5) is 0 Å². The van der Waals surface area contributed by atoms with Crippen LogP contribution in [-0.4, -0.2) is 8.42 Å². The molecule has 0 saturated carbocycles. The Bertz CT molecular complexity index is 1730. The van der Waals surface area contributed by atoms with E-state index in [9.17, 15) is 8.42 Å². The van der Waals surface area contributed by atoms with Crippen molar-refractivity contribution in [1.82, 2.24) is 0 Å². The van der Waals surface area contributed by atoms with Crippen molar-refractivity contribution in [3.63, 3.8) is 0 Å². The molecule has 2 nitrogen and oxygen atoms in total. The zero-order valence-corrected chi connectivity index (χ0v) is 21.0. The lowest BCUT2D eigenvalue weighted by Crippen LogP contribution is -2.38. The van der Waals surface area contributed by atoms with Crippen LogP contribution in [0, 0.1) is 0 Å². The molecule has 0 bridgehead atoms. The van der Waals surface area contributed by atoms with Crippen LogP contribution >= 0.6 is 15.9 Å². The lowest BCUT2D eigenvalue weighted by Gasteiger charge is -2.42. The van der Waals surface area contributed by atoms with Crippen molar-refractivity contribution in [1.29, 1.82) is 0 Å². The van der Waals surface area contributed by atoms with Crippen molar-refractivity contribution in [2.24, 2.45) is 0 Å². The van der Waals surface area contributed by atoms with E-state index in [2.05, 4.69) is 82.7 Å². The Morgan fingerprint density at radius 1 is 0.486 bits per heavy atom. The average Bonchev–Trinajstić information content (AvgIpc) is 3.00. The Hall–Kier alpha value is -3.47. The molecule has 7 rings (SSSR count). The van der Waals surface area contributed by atoms with Gasteiger partial charge >= 0.3 is 0 Å². The van der Waals surface area contributed by atoms with Crippen LogP contribution in [0.25, 0.3) is 22.3 Å². The molecule has 35 heavy (non-hydrogen) atoms. The summed E-state index contributed by atoms with van der Waals surface area (Å²) >= 11 is 3.70. The molecular formula is C31H19BrO2S. The molecule has 0 saturated heterocycles. The lowest BCUT2D eigenvalue weighted by molar-refractivity contribution is 0.579. The highest BCUT2D eigenvalue weighted by molar-refractivity contribution is 9.10. The third kappa shape index (κ3) is 2.61. The maximum atomic E-state index is 13.9. The van der Waals surface area contributed by atoms with E-state index < -0.39 is 15.3 Å². The van der Waals surface area contributed by atoms with Crippen LogP contribution in [-0.2, 0) is 15.3 Å². The second-order valence-corrected chi connectivity index (χ2v) is 11.8. The first kappa shape index (κ1) is 20.9. The highest BCUT2D eigenvalue weighted by Crippen LogP contribution is 2.59. The molecule has 4 heteroatoms. The van der Waals surface area contributed by atoms with Crippen LogP contribution in [0.2, 0.25) is 0 Å². The highest BCUT2D eigenvalue weighted by Gasteiger charge is 2.51. The summed E-state index contributed by atoms with van der Waals surface area (Å²) in [4.78, 5) is 0.738. The molecule has 0 atom stereocenters. The summed E-state index contributed by atoms with van der Waals surface area (Å²) in [5, 5.41) is 0. The summed E-state index contributed by atoms with van der Waals surface area (Å²) in [6, 6.07) is 38.3. The first-order valence-electron chi connectivity index (χ1n) is 11.5. The smallest absolute Gasteiger partial charge is 0.207 e. The maximum absolute atomic E-state index is 13.9. The minimum atomic E-state index is -3.68. The van der Waals surface area contributed by atoms with Gasteiger partial charge in [-0.05, 0) is 68.8 Å². The fourth-order valence-corrected chi connectivity index (χ4v) is 8.21. The van der Waals surface area contributed by atoms with Crippen LogP contribution in [0.15, 0.2) is 130 Å². The predicted molar refractivity (Wildman–Crippen MR) is 142 cm³/mol. The van der Waals surface area contributed by atoms with Gasteiger partial charge in [-0.1, -0.05) is 107 Å². The predicted octanol–water partition coefficient (Wildman–Crippen LogP) is 7.63. The number of rotatable bonds is 0. The van der Waals surface area contributed by atoms with Gasteiger partial charge in [-0.2, -0.15) is 0 Å². The van der Waals surface area contributed by atoms with Crippen LogP contribution in [0.3, 0.4) is 0 Å². The third-order valence-electron chi connectivity index (χ3n) is 7.39. The van der Waals surface area contributed by atoms with Gasteiger partial charge in [-0.15, -0.1) is 0 Å². The highest BCUT2D eigenvalue weighted by atomic mass is 79.9. The van der Waals surface area contributed by atoms with Gasteiger partial charge in [0.15, 0.2) is 0 Å². The first-order chi connectivity index (χ1) is 17.0. The molecule has 5 aromatic rings. The van der Waals surface area contributed by atoms with E-state index in [1.54, 1.807) is 12.1 Å². The molecule has 168 valence electrons. The van der Waals surface area contributed by atoms with Gasteiger partial charge in [0.1, 0.15) is 0 Å². The number of halogens is 1. The van der Waals surface area contributed by atoms with E-state index in [-0.39, 0.29) is 0 Å². The van der Waals surface area contributed by atoms with Crippen molar-refractivity contribution >= 4 is 25.8 Å². The number of hydrogen-bond acceptors (Lipinski definition) is 2. The van der Waals surface area contributed by atoms with Gasteiger partial charge < -0.3 is 0 Å². The van der Waals surface area contributed by atoms with E-state index in [4.69, 9.17) is 0 Å². The molecule has 1 aliphatic carbocycles. The van der Waals surface area contributed by atoms with E-state index >= 15 is 0 Å². The SMILES string of the molecule is O=S1(=O)c2ccccc2C2(c3ccccc3-c3ccccc3-c3cc(Br)ccc32)c2ccccc21. The first-order valence-corrected chi connectivity index (χ1v) is 13.8. The third-order valence-corrected chi connectivity index (χ3v) is 9.75. The van der Waals surface area contributed by atoms with Crippen LogP contribution < -0.4 is 0 Å². The van der Waals surface area contributed by atoms with Crippen molar-refractivity contribution < 1.29 is 8.42 Å². The second-order valence-electron chi connectivity index (χ2n) is 9.03. The average molecular weight is 535 g/mol. The quantitative estimate of drug-likeness (QED) is 0.200. The Morgan fingerprint density at radius 3 is 1.57 bits per heavy atom. The number of hydrogen-bond donors (Lipinski definition) is 0. The molecule has 0 aromatic heterocycles. The zero-order chi connectivity index (χ0) is 23.8. The Labute approximate surface area is 213 Å². The second kappa shape index (κ2) is 7.27. The molecule has 5 aromatic carbocycles. The van der Waals surface area contributed by atoms with E-state index in [0.29, 0.717) is 9.79 Å². The van der Waals surface area contributed by atoms with Gasteiger partial charge in [-0.25, -0.2) is 8.42 Å². The van der Waals surface area contributed by atoms with Crippen LogP contribution in [0.1, 0.15) is 22.3 Å². The molecule has 1 spiro atoms. The van der Waals surface area contributed by atoms with Crippen molar-refractivity contribution in [3.8, 4) is 22.3 Å². The molecule has 1 aliphatic heterocycles. The monoisotopic (exact) mass is 534 g/mol. The number of sulfone groups is 1. The van der Waals surface area contributed by atoms with E-state index in [0.717, 1.165) is 49.0 Å². The fraction of sp³-hybridized carbons (Fsp3) is 0.0323. The standard InChI is InChI=1S/C31H19BrO2S/c32-20-17-18-26-24(19-20)22-10-2-1-9-21(22)23-11-3-4-12-25(23)31(26)27-13-5-7-15-29(27)35(33,34)30-16-8-6-14-28(30)31/h1-19H. The molecule has 2 aliphatic rings. The molecular weight excluding hydrogens is 516 g/mol. The molecule has 0 amide bonds. The number of benzene rings is 5. The van der Waals surface area contributed by atoms with E-state index in [1.165, 1.54) is 0 Å². The Balaban J connectivity index is 1.81. The maximum Gasteiger partial charge on any atom is 0.207 e. The zero-order valence-electron chi connectivity index (χ0n) is 18.6. The summed E-state index contributed by atoms with van der Waals surface area (Å²) in [5.41, 5.74) is 7.43. The van der Waals surface area contributed by atoms with Gasteiger partial charge in [0.2, 0.25) is 9.84 Å². The van der Waals surface area contributed by atoms with Crippen molar-refractivity contribution in [3.05, 3.63) is 142 Å². The minimum absolute atomic E-state index is 0.369. The molecule has 0 fully saturated rings. The van der Waals surface area contributed by atoms with Crippen molar-refractivity contribution in [2.45, 2.75) is 15.2 Å². The summed E-state index contributed by atoms with van der Waals surface area (Å²) < 4.78 is 28.8. The normalized spacial score (nSPS) is 15.7. The summed E-state index contributed by atoms with van der Waals surface area (Å²) in [6.45, 7) is 0. The van der Waals surface area contributed by atoms with Gasteiger partial charge in [0.05, 0.1) is 15.2 Å². The molecule has 0 N–H and O–H groups in total. The number of fused-ring (bicyclic) bond motifs is 11. The summed E-state index contributed by atoms with van der Waals surface area (Å²) in [7, 11) is -3.68. The van der Waals surface area contributed by atoms with Gasteiger partial charge in [0.25, 0.3) is 0 Å². The van der Waals surface area contributed by atoms with Crippen molar-refractivity contribution in [2.75, 3.05) is 0 Å². The van der Waals surface area contributed by atoms with Gasteiger partial charge in [0, 0.05) is 4.47 Å². The minimum Gasteiger partial charge on any atom is -0.218 e. The van der Waals surface area contributed by atoms with Crippen LogP contribution in [0.5, 0.6) is 0 Å². The molecule has 0 unspecified atom stereocenters. The summed E-state index contributed by atoms with van der Waals surface area (Å²) in [6.07, 6.45) is 0. The van der Waals surface area contributed by atoms with Gasteiger partial charge in [-0.3, -0.25) is 0 Å².